The number of aryl methyl sites for hydroxylation is 2. The summed E-state index contributed by atoms with van der Waals surface area (Å²) in [6.07, 6.45) is 9.82. The van der Waals surface area contributed by atoms with Crippen LogP contribution in [0.3, 0.4) is 0 Å². The molecule has 1 aromatic heterocycles. The molecule has 212 valence electrons. The second kappa shape index (κ2) is 13.3. The Morgan fingerprint density at radius 1 is 1.13 bits per heavy atom. The molecular weight excluding hydrogens is 492 g/mol. The van der Waals surface area contributed by atoms with Gasteiger partial charge in [0.05, 0.1) is 24.9 Å². The molecule has 1 N–H and O–H groups in total. The molecule has 0 spiro atoms. The number of aromatic nitrogens is 2. The van der Waals surface area contributed by atoms with Crippen molar-refractivity contribution in [2.75, 3.05) is 33.4 Å². The number of ether oxygens (including phenoxy) is 3. The minimum Gasteiger partial charge on any atom is -0.379 e. The van der Waals surface area contributed by atoms with Gasteiger partial charge in [0.1, 0.15) is 12.0 Å². The molecular formula is C31H44N4O4. The quantitative estimate of drug-likeness (QED) is 0.537. The molecule has 2 aromatic rings. The van der Waals surface area contributed by atoms with Gasteiger partial charge in [-0.15, -0.1) is 0 Å². The number of amides is 1. The Hall–Kier alpha value is -2.39. The van der Waals surface area contributed by atoms with Crippen LogP contribution < -0.4 is 5.32 Å². The van der Waals surface area contributed by atoms with E-state index in [0.717, 1.165) is 75.9 Å². The van der Waals surface area contributed by atoms with Gasteiger partial charge in [0.2, 0.25) is 0 Å². The van der Waals surface area contributed by atoms with Crippen molar-refractivity contribution in [3.8, 4) is 0 Å². The van der Waals surface area contributed by atoms with Crippen LogP contribution in [0.25, 0.3) is 0 Å². The van der Waals surface area contributed by atoms with Crippen molar-refractivity contribution in [1.82, 2.24) is 20.2 Å². The van der Waals surface area contributed by atoms with E-state index in [1.807, 2.05) is 11.8 Å². The van der Waals surface area contributed by atoms with Crippen molar-refractivity contribution in [1.29, 1.82) is 0 Å². The highest BCUT2D eigenvalue weighted by Gasteiger charge is 2.31. The average Bonchev–Trinajstić information content (AvgIpc) is 2.97. The minimum atomic E-state index is 0.0175. The van der Waals surface area contributed by atoms with Gasteiger partial charge in [-0.05, 0) is 70.8 Å². The van der Waals surface area contributed by atoms with Gasteiger partial charge in [-0.2, -0.15) is 0 Å². The highest BCUT2D eigenvalue weighted by atomic mass is 16.5. The number of likely N-dealkylation sites (tertiary alicyclic amines) is 1. The summed E-state index contributed by atoms with van der Waals surface area (Å²) in [4.78, 5) is 24.4. The Bertz CT molecular complexity index is 1100. The predicted molar refractivity (Wildman–Crippen MR) is 150 cm³/mol. The zero-order chi connectivity index (χ0) is 27.2. The van der Waals surface area contributed by atoms with Gasteiger partial charge < -0.3 is 24.4 Å². The number of rotatable bonds is 8. The van der Waals surface area contributed by atoms with E-state index in [1.54, 1.807) is 13.4 Å². The van der Waals surface area contributed by atoms with Gasteiger partial charge in [0, 0.05) is 50.1 Å². The lowest BCUT2D eigenvalue weighted by Crippen LogP contribution is -2.54. The van der Waals surface area contributed by atoms with Crippen LogP contribution in [0.1, 0.15) is 83.9 Å². The summed E-state index contributed by atoms with van der Waals surface area (Å²) in [7, 11) is 1.75. The number of piperidine rings is 1. The molecule has 4 atom stereocenters. The largest absolute Gasteiger partial charge is 0.379 e. The van der Waals surface area contributed by atoms with Crippen molar-refractivity contribution in [3.05, 3.63) is 58.7 Å². The molecule has 8 heteroatoms. The number of benzene rings is 1. The van der Waals surface area contributed by atoms with Crippen molar-refractivity contribution in [3.63, 3.8) is 0 Å². The van der Waals surface area contributed by atoms with Crippen LogP contribution in [-0.2, 0) is 20.6 Å². The Balaban J connectivity index is 1.14. The molecule has 4 heterocycles. The number of hydrogen-bond donors (Lipinski definition) is 1. The number of nitrogens with one attached hydrogen (secondary N) is 1. The standard InChI is InChI=1S/C31H44N4O4/c1-21-6-4-7-23(18-21)28-9-5-8-25(39-28)10-11-26-22(2)30(33-20-32-26)31(36)35-15-12-24(13-16-35)34-27-14-17-38-19-29(27)37-3/h4,6-7,18,20,24-25,27-29,34H,5,8-17,19H2,1-3H3/t25-,27+,28+,29-/m0/s1. The summed E-state index contributed by atoms with van der Waals surface area (Å²) in [5, 5.41) is 3.76. The fourth-order valence-electron chi connectivity index (χ4n) is 6.32. The number of hydrogen-bond acceptors (Lipinski definition) is 7. The maximum absolute atomic E-state index is 13.5. The second-order valence-electron chi connectivity index (χ2n) is 11.4. The van der Waals surface area contributed by atoms with Crippen molar-refractivity contribution in [2.24, 2.45) is 0 Å². The highest BCUT2D eigenvalue weighted by molar-refractivity contribution is 5.93. The Morgan fingerprint density at radius 2 is 1.97 bits per heavy atom. The molecule has 1 aromatic carbocycles. The van der Waals surface area contributed by atoms with Crippen LogP contribution in [0.2, 0.25) is 0 Å². The molecule has 1 amide bonds. The van der Waals surface area contributed by atoms with Crippen LogP contribution in [0.5, 0.6) is 0 Å². The minimum absolute atomic E-state index is 0.0175. The first-order valence-electron chi connectivity index (χ1n) is 14.7. The van der Waals surface area contributed by atoms with E-state index in [1.165, 1.54) is 17.5 Å². The van der Waals surface area contributed by atoms with Gasteiger partial charge in [-0.1, -0.05) is 29.8 Å². The van der Waals surface area contributed by atoms with E-state index in [0.29, 0.717) is 24.4 Å². The lowest BCUT2D eigenvalue weighted by atomic mass is 9.95. The molecule has 3 aliphatic rings. The lowest BCUT2D eigenvalue weighted by molar-refractivity contribution is -0.0547. The van der Waals surface area contributed by atoms with Crippen molar-refractivity contribution < 1.29 is 19.0 Å². The summed E-state index contributed by atoms with van der Waals surface area (Å²) in [5.41, 5.74) is 4.94. The van der Waals surface area contributed by atoms with Gasteiger partial charge >= 0.3 is 0 Å². The zero-order valence-electron chi connectivity index (χ0n) is 23.7. The van der Waals surface area contributed by atoms with Gasteiger partial charge in [0.25, 0.3) is 5.91 Å². The molecule has 0 saturated carbocycles. The molecule has 0 unspecified atom stereocenters. The first-order valence-corrected chi connectivity index (χ1v) is 14.7. The summed E-state index contributed by atoms with van der Waals surface area (Å²) in [6.45, 7) is 6.98. The predicted octanol–water partition coefficient (Wildman–Crippen LogP) is 4.33. The molecule has 0 bridgehead atoms. The first-order chi connectivity index (χ1) is 19.0. The maximum Gasteiger partial charge on any atom is 0.272 e. The highest BCUT2D eigenvalue weighted by Crippen LogP contribution is 2.33. The second-order valence-corrected chi connectivity index (χ2v) is 11.4. The third-order valence-corrected chi connectivity index (χ3v) is 8.70. The molecule has 3 aliphatic heterocycles. The summed E-state index contributed by atoms with van der Waals surface area (Å²) < 4.78 is 17.7. The first kappa shape index (κ1) is 28.1. The monoisotopic (exact) mass is 536 g/mol. The van der Waals surface area contributed by atoms with E-state index in [9.17, 15) is 4.79 Å². The molecule has 8 nitrogen and oxygen atoms in total. The molecule has 5 rings (SSSR count). The van der Waals surface area contributed by atoms with Gasteiger partial charge in [-0.25, -0.2) is 9.97 Å². The number of carbonyl (C=O) groups excluding carboxylic acids is 1. The normalized spacial score (nSPS) is 26.5. The number of nitrogens with zero attached hydrogens (tertiary/aromatic N) is 3. The maximum atomic E-state index is 13.5. The lowest BCUT2D eigenvalue weighted by Gasteiger charge is -2.38. The molecule has 39 heavy (non-hydrogen) atoms. The van der Waals surface area contributed by atoms with Crippen molar-refractivity contribution in [2.45, 2.75) is 95.6 Å². The van der Waals surface area contributed by atoms with Crippen LogP contribution in [-0.4, -0.2) is 78.5 Å². The molecule has 0 aliphatic carbocycles. The van der Waals surface area contributed by atoms with E-state index in [2.05, 4.69) is 46.5 Å². The molecule has 3 saturated heterocycles. The summed E-state index contributed by atoms with van der Waals surface area (Å²) in [6, 6.07) is 9.34. The van der Waals surface area contributed by atoms with E-state index in [4.69, 9.17) is 14.2 Å². The number of methoxy groups -OCH3 is 1. The van der Waals surface area contributed by atoms with Crippen LogP contribution in [0.15, 0.2) is 30.6 Å². The van der Waals surface area contributed by atoms with E-state index in [-0.39, 0.29) is 24.2 Å². The summed E-state index contributed by atoms with van der Waals surface area (Å²) in [5.74, 6) is 0.0175. The molecule has 0 radical (unpaired) electrons. The van der Waals surface area contributed by atoms with Crippen molar-refractivity contribution >= 4 is 5.91 Å². The number of carbonyl (C=O) groups is 1. The smallest absolute Gasteiger partial charge is 0.272 e. The molecule has 3 fully saturated rings. The van der Waals surface area contributed by atoms with Crippen LogP contribution in [0.4, 0.5) is 0 Å². The zero-order valence-corrected chi connectivity index (χ0v) is 23.7. The Morgan fingerprint density at radius 3 is 2.77 bits per heavy atom. The third kappa shape index (κ3) is 7.04. The van der Waals surface area contributed by atoms with Crippen LogP contribution in [0, 0.1) is 13.8 Å². The van der Waals surface area contributed by atoms with Crippen LogP contribution >= 0.6 is 0 Å². The Labute approximate surface area is 232 Å². The van der Waals surface area contributed by atoms with E-state index < -0.39 is 0 Å². The van der Waals surface area contributed by atoms with Gasteiger partial charge in [0.15, 0.2) is 0 Å². The SMILES string of the molecule is CO[C@H]1COCC[C@H]1NC1CCN(C(=O)c2ncnc(CC[C@@H]3CCC[C@H](c4cccc(C)c4)O3)c2C)CC1. The third-order valence-electron chi connectivity index (χ3n) is 8.70. The average molecular weight is 537 g/mol. The summed E-state index contributed by atoms with van der Waals surface area (Å²) >= 11 is 0. The van der Waals surface area contributed by atoms with Gasteiger partial charge in [-0.3, -0.25) is 4.79 Å². The van der Waals surface area contributed by atoms with E-state index >= 15 is 0 Å². The Kier molecular flexibility index (Phi) is 9.61. The topological polar surface area (TPSA) is 85.8 Å². The fourth-order valence-corrected chi connectivity index (χ4v) is 6.32. The fraction of sp³-hybridized carbons (Fsp3) is 0.645.